The number of hydrogen-bond donors (Lipinski definition) is 1. The molecule has 2 saturated heterocycles. The Bertz CT molecular complexity index is 722. The number of piperidine rings is 1. The fraction of sp³-hybridized carbons (Fsp3) is 0.619. The number of hydrogen-bond acceptors (Lipinski definition) is 5. The second-order valence-electron chi connectivity index (χ2n) is 8.15. The van der Waals surface area contributed by atoms with E-state index in [4.69, 9.17) is 10.5 Å². The van der Waals surface area contributed by atoms with Crippen LogP contribution in [0.5, 0.6) is 5.75 Å². The highest BCUT2D eigenvalue weighted by Gasteiger charge is 2.27. The summed E-state index contributed by atoms with van der Waals surface area (Å²) in [6.45, 7) is 7.31. The Morgan fingerprint density at radius 2 is 1.75 bits per heavy atom. The molecular formula is C21H30N4O3. The predicted molar refractivity (Wildman–Crippen MR) is 106 cm³/mol. The van der Waals surface area contributed by atoms with Gasteiger partial charge in [0.25, 0.3) is 0 Å². The highest BCUT2D eigenvalue weighted by molar-refractivity contribution is 5.80. The van der Waals surface area contributed by atoms with E-state index in [0.29, 0.717) is 32.5 Å². The third-order valence-electron chi connectivity index (χ3n) is 6.23. The SMILES string of the molecule is NC(=O)C1CCN(C(=O)CN2CCN(Cc3ccc4c(c3)CCO4)CC2)CC1. The number of nitrogens with two attached hydrogens (primary N) is 1. The fourth-order valence-electron chi connectivity index (χ4n) is 4.41. The number of ether oxygens (including phenoxy) is 1. The average molecular weight is 386 g/mol. The number of likely N-dealkylation sites (tertiary alicyclic amines) is 1. The van der Waals surface area contributed by atoms with Gasteiger partial charge in [-0.1, -0.05) is 12.1 Å². The molecule has 0 radical (unpaired) electrons. The Morgan fingerprint density at radius 1 is 1.04 bits per heavy atom. The van der Waals surface area contributed by atoms with Gasteiger partial charge in [0, 0.05) is 58.2 Å². The lowest BCUT2D eigenvalue weighted by molar-refractivity contribution is -0.136. The van der Waals surface area contributed by atoms with Crippen LogP contribution in [0.3, 0.4) is 0 Å². The lowest BCUT2D eigenvalue weighted by Gasteiger charge is -2.36. The standard InChI is InChI=1S/C21H30N4O3/c22-21(27)17-3-6-25(7-4-17)20(26)15-24-10-8-23(9-11-24)14-16-1-2-19-18(13-16)5-12-28-19/h1-2,13,17H,3-12,14-15H2,(H2,22,27). The maximum Gasteiger partial charge on any atom is 0.236 e. The molecule has 3 aliphatic rings. The molecule has 7 nitrogen and oxygen atoms in total. The van der Waals surface area contributed by atoms with Crippen LogP contribution in [0.4, 0.5) is 0 Å². The first kappa shape index (κ1) is 19.2. The van der Waals surface area contributed by atoms with Crippen molar-refractivity contribution in [2.45, 2.75) is 25.8 Å². The first-order valence-electron chi connectivity index (χ1n) is 10.3. The van der Waals surface area contributed by atoms with Crippen LogP contribution in [0.15, 0.2) is 18.2 Å². The van der Waals surface area contributed by atoms with Gasteiger partial charge in [-0.2, -0.15) is 0 Å². The predicted octanol–water partition coefficient (Wildman–Crippen LogP) is 0.463. The maximum atomic E-state index is 12.6. The van der Waals surface area contributed by atoms with Gasteiger partial charge in [0.05, 0.1) is 13.2 Å². The summed E-state index contributed by atoms with van der Waals surface area (Å²) in [6.07, 6.45) is 2.40. The maximum absolute atomic E-state index is 12.6. The molecule has 0 unspecified atom stereocenters. The molecule has 0 spiro atoms. The largest absolute Gasteiger partial charge is 0.493 e. The van der Waals surface area contributed by atoms with E-state index >= 15 is 0 Å². The second-order valence-corrected chi connectivity index (χ2v) is 8.15. The van der Waals surface area contributed by atoms with Crippen molar-refractivity contribution < 1.29 is 14.3 Å². The molecule has 0 aliphatic carbocycles. The molecule has 0 saturated carbocycles. The van der Waals surface area contributed by atoms with Gasteiger partial charge in [0.15, 0.2) is 0 Å². The summed E-state index contributed by atoms with van der Waals surface area (Å²) in [7, 11) is 0. The third kappa shape index (κ3) is 4.47. The summed E-state index contributed by atoms with van der Waals surface area (Å²) in [5, 5.41) is 0. The zero-order chi connectivity index (χ0) is 19.5. The molecule has 152 valence electrons. The smallest absolute Gasteiger partial charge is 0.236 e. The summed E-state index contributed by atoms with van der Waals surface area (Å²) >= 11 is 0. The summed E-state index contributed by atoms with van der Waals surface area (Å²) < 4.78 is 5.58. The molecule has 2 amide bonds. The molecule has 0 bridgehead atoms. The van der Waals surface area contributed by atoms with Crippen molar-refractivity contribution in [3.63, 3.8) is 0 Å². The molecule has 1 aromatic rings. The van der Waals surface area contributed by atoms with Crippen LogP contribution in [0.1, 0.15) is 24.0 Å². The Hall–Kier alpha value is -2.12. The van der Waals surface area contributed by atoms with Crippen molar-refractivity contribution in [3.8, 4) is 5.75 Å². The summed E-state index contributed by atoms with van der Waals surface area (Å²) in [5.41, 5.74) is 8.03. The van der Waals surface area contributed by atoms with Gasteiger partial charge < -0.3 is 15.4 Å². The molecule has 4 rings (SSSR count). The van der Waals surface area contributed by atoms with E-state index in [1.807, 2.05) is 4.90 Å². The molecular weight excluding hydrogens is 356 g/mol. The van der Waals surface area contributed by atoms with Crippen molar-refractivity contribution in [1.29, 1.82) is 0 Å². The van der Waals surface area contributed by atoms with Crippen LogP contribution in [0, 0.1) is 5.92 Å². The van der Waals surface area contributed by atoms with E-state index in [1.165, 1.54) is 11.1 Å². The Balaban J connectivity index is 1.20. The molecule has 2 N–H and O–H groups in total. The van der Waals surface area contributed by atoms with E-state index in [-0.39, 0.29) is 17.7 Å². The lowest BCUT2D eigenvalue weighted by Crippen LogP contribution is -2.51. The number of carbonyl (C=O) groups is 2. The van der Waals surface area contributed by atoms with E-state index in [0.717, 1.165) is 51.5 Å². The van der Waals surface area contributed by atoms with Crippen molar-refractivity contribution in [2.75, 3.05) is 52.4 Å². The molecule has 1 aromatic carbocycles. The zero-order valence-corrected chi connectivity index (χ0v) is 16.4. The first-order valence-corrected chi connectivity index (χ1v) is 10.3. The number of amides is 2. The molecule has 28 heavy (non-hydrogen) atoms. The van der Waals surface area contributed by atoms with Crippen molar-refractivity contribution >= 4 is 11.8 Å². The van der Waals surface area contributed by atoms with Gasteiger partial charge >= 0.3 is 0 Å². The van der Waals surface area contributed by atoms with Gasteiger partial charge in [0.1, 0.15) is 5.75 Å². The quantitative estimate of drug-likeness (QED) is 0.796. The molecule has 0 atom stereocenters. The average Bonchev–Trinajstić information content (AvgIpc) is 3.17. The van der Waals surface area contributed by atoms with Crippen molar-refractivity contribution in [1.82, 2.24) is 14.7 Å². The minimum atomic E-state index is -0.237. The molecule has 3 heterocycles. The molecule has 7 heteroatoms. The molecule has 3 aliphatic heterocycles. The van der Waals surface area contributed by atoms with Gasteiger partial charge in [-0.05, 0) is 30.0 Å². The van der Waals surface area contributed by atoms with E-state index in [1.54, 1.807) is 0 Å². The molecule has 2 fully saturated rings. The highest BCUT2D eigenvalue weighted by atomic mass is 16.5. The van der Waals surface area contributed by atoms with E-state index in [9.17, 15) is 9.59 Å². The van der Waals surface area contributed by atoms with Crippen LogP contribution in [0.2, 0.25) is 0 Å². The minimum absolute atomic E-state index is 0.0709. The van der Waals surface area contributed by atoms with Crippen molar-refractivity contribution in [3.05, 3.63) is 29.3 Å². The van der Waals surface area contributed by atoms with Crippen LogP contribution in [-0.2, 0) is 22.6 Å². The first-order chi connectivity index (χ1) is 13.6. The fourth-order valence-corrected chi connectivity index (χ4v) is 4.41. The van der Waals surface area contributed by atoms with E-state index in [2.05, 4.69) is 28.0 Å². The van der Waals surface area contributed by atoms with Gasteiger partial charge in [0.2, 0.25) is 11.8 Å². The third-order valence-corrected chi connectivity index (χ3v) is 6.23. The monoisotopic (exact) mass is 386 g/mol. The normalized spacial score (nSPS) is 21.4. The van der Waals surface area contributed by atoms with Gasteiger partial charge in [-0.25, -0.2) is 0 Å². The number of benzene rings is 1. The Morgan fingerprint density at radius 3 is 2.46 bits per heavy atom. The summed E-state index contributed by atoms with van der Waals surface area (Å²) in [5.74, 6) is 0.902. The Labute approximate surface area is 166 Å². The van der Waals surface area contributed by atoms with Gasteiger partial charge in [-0.3, -0.25) is 19.4 Å². The lowest BCUT2D eigenvalue weighted by atomic mass is 9.96. The summed E-state index contributed by atoms with van der Waals surface area (Å²) in [6, 6.07) is 6.53. The summed E-state index contributed by atoms with van der Waals surface area (Å²) in [4.78, 5) is 30.4. The van der Waals surface area contributed by atoms with Crippen LogP contribution < -0.4 is 10.5 Å². The van der Waals surface area contributed by atoms with E-state index < -0.39 is 0 Å². The second kappa shape index (κ2) is 8.49. The highest BCUT2D eigenvalue weighted by Crippen LogP contribution is 2.26. The number of carbonyl (C=O) groups excluding carboxylic acids is 2. The molecule has 0 aromatic heterocycles. The van der Waals surface area contributed by atoms with Gasteiger partial charge in [-0.15, -0.1) is 0 Å². The van der Waals surface area contributed by atoms with Crippen LogP contribution in [0.25, 0.3) is 0 Å². The zero-order valence-electron chi connectivity index (χ0n) is 16.4. The number of rotatable bonds is 5. The topological polar surface area (TPSA) is 79.1 Å². The Kier molecular flexibility index (Phi) is 5.82. The van der Waals surface area contributed by atoms with Crippen LogP contribution >= 0.6 is 0 Å². The minimum Gasteiger partial charge on any atom is -0.493 e. The number of primary amides is 1. The number of piperazine rings is 1. The number of nitrogens with zero attached hydrogens (tertiary/aromatic N) is 3. The van der Waals surface area contributed by atoms with Crippen molar-refractivity contribution in [2.24, 2.45) is 11.7 Å². The van der Waals surface area contributed by atoms with Crippen LogP contribution in [-0.4, -0.2) is 78.9 Å². The number of fused-ring (bicyclic) bond motifs is 1.